The number of piperazine rings is 1. The zero-order valence-corrected chi connectivity index (χ0v) is 17.6. The molecule has 160 valence electrons. The quantitative estimate of drug-likeness (QED) is 0.655. The molecular weight excluding hydrogens is 394 g/mol. The van der Waals surface area contributed by atoms with Crippen LogP contribution in [0.5, 0.6) is 5.75 Å². The molecule has 0 spiro atoms. The van der Waals surface area contributed by atoms with Gasteiger partial charge in [0.1, 0.15) is 11.6 Å². The number of carbonyl (C=O) groups is 1. The molecule has 31 heavy (non-hydrogen) atoms. The molecule has 0 aliphatic carbocycles. The van der Waals surface area contributed by atoms with Crippen molar-refractivity contribution in [2.45, 2.75) is 6.92 Å². The summed E-state index contributed by atoms with van der Waals surface area (Å²) in [6.07, 6.45) is 1.72. The summed E-state index contributed by atoms with van der Waals surface area (Å²) >= 11 is 0. The van der Waals surface area contributed by atoms with Crippen molar-refractivity contribution < 1.29 is 9.53 Å². The molecule has 9 nitrogen and oxygen atoms in total. The van der Waals surface area contributed by atoms with Crippen LogP contribution in [0.4, 0.5) is 27.9 Å². The van der Waals surface area contributed by atoms with E-state index < -0.39 is 0 Å². The highest BCUT2D eigenvalue weighted by molar-refractivity contribution is 5.91. The van der Waals surface area contributed by atoms with Crippen LogP contribution in [-0.2, 0) is 0 Å². The highest BCUT2D eigenvalue weighted by atomic mass is 16.5. The van der Waals surface area contributed by atoms with Crippen LogP contribution in [0.1, 0.15) is 5.56 Å². The van der Waals surface area contributed by atoms with Gasteiger partial charge in [0, 0.05) is 32.4 Å². The average molecular weight is 419 g/mol. The molecule has 1 aliphatic rings. The van der Waals surface area contributed by atoms with Gasteiger partial charge in [-0.3, -0.25) is 0 Å². The van der Waals surface area contributed by atoms with E-state index in [0.29, 0.717) is 43.4 Å². The maximum Gasteiger partial charge on any atom is 0.322 e. The Morgan fingerprint density at radius 1 is 1.00 bits per heavy atom. The molecule has 2 aromatic heterocycles. The number of hydrogen-bond acceptors (Lipinski definition) is 7. The van der Waals surface area contributed by atoms with Crippen molar-refractivity contribution in [3.05, 3.63) is 60.3 Å². The monoisotopic (exact) mass is 419 g/mol. The first kappa shape index (κ1) is 20.4. The molecule has 2 N–H and O–H groups in total. The lowest BCUT2D eigenvalue weighted by Gasteiger charge is -2.35. The maximum atomic E-state index is 12.7. The van der Waals surface area contributed by atoms with Gasteiger partial charge in [-0.2, -0.15) is 0 Å². The molecule has 0 unspecified atom stereocenters. The van der Waals surface area contributed by atoms with Crippen LogP contribution in [0, 0.1) is 6.92 Å². The maximum absolute atomic E-state index is 12.7. The number of benzene rings is 1. The van der Waals surface area contributed by atoms with Gasteiger partial charge in [-0.15, -0.1) is 10.2 Å². The van der Waals surface area contributed by atoms with Crippen LogP contribution in [0.3, 0.4) is 0 Å². The van der Waals surface area contributed by atoms with Gasteiger partial charge in [0.05, 0.1) is 12.8 Å². The average Bonchev–Trinajstić information content (AvgIpc) is 2.80. The normalized spacial score (nSPS) is 13.6. The Morgan fingerprint density at radius 3 is 2.52 bits per heavy atom. The van der Waals surface area contributed by atoms with Crippen LogP contribution < -0.4 is 20.3 Å². The molecule has 1 aromatic carbocycles. The number of aryl methyl sites for hydroxylation is 1. The van der Waals surface area contributed by atoms with Gasteiger partial charge in [-0.1, -0.05) is 12.1 Å². The largest absolute Gasteiger partial charge is 0.495 e. The summed E-state index contributed by atoms with van der Waals surface area (Å²) in [6, 6.07) is 15.0. The number of nitrogens with zero attached hydrogens (tertiary/aromatic N) is 5. The first-order valence-electron chi connectivity index (χ1n) is 10.1. The molecule has 4 rings (SSSR count). The fraction of sp³-hybridized carbons (Fsp3) is 0.273. The van der Waals surface area contributed by atoms with Gasteiger partial charge in [0.25, 0.3) is 0 Å². The number of urea groups is 1. The summed E-state index contributed by atoms with van der Waals surface area (Å²) < 4.78 is 5.34. The molecular formula is C22H25N7O2. The number of aromatic nitrogens is 3. The number of nitrogens with one attached hydrogen (secondary N) is 2. The number of anilines is 4. The van der Waals surface area contributed by atoms with E-state index in [9.17, 15) is 4.79 Å². The predicted octanol–water partition coefficient (Wildman–Crippen LogP) is 3.29. The fourth-order valence-electron chi connectivity index (χ4n) is 3.38. The number of amides is 2. The molecule has 0 saturated carbocycles. The van der Waals surface area contributed by atoms with Crippen molar-refractivity contribution in [3.63, 3.8) is 0 Å². The SMILES string of the molecule is COc1ccc(C)cc1NC(=O)N1CCN(c2ccc(Nc3ccccn3)nn2)CC1. The van der Waals surface area contributed by atoms with Crippen LogP contribution in [-0.4, -0.2) is 59.4 Å². The molecule has 2 amide bonds. The molecule has 0 radical (unpaired) electrons. The number of hydrogen-bond donors (Lipinski definition) is 2. The molecule has 0 bridgehead atoms. The molecule has 3 heterocycles. The standard InChI is InChI=1S/C22H25N7O2/c1-16-6-7-18(31-2)17(15-16)24-22(30)29-13-11-28(12-14-29)21-9-8-20(26-27-21)25-19-5-3-4-10-23-19/h3-10,15H,11-14H2,1-2H3,(H,24,30)(H,23,25,26). The molecule has 1 fully saturated rings. The third kappa shape index (κ3) is 5.00. The Balaban J connectivity index is 1.32. The van der Waals surface area contributed by atoms with Gasteiger partial charge in [0.2, 0.25) is 0 Å². The summed E-state index contributed by atoms with van der Waals surface area (Å²) in [5, 5.41) is 14.6. The summed E-state index contributed by atoms with van der Waals surface area (Å²) in [6.45, 7) is 4.53. The predicted molar refractivity (Wildman–Crippen MR) is 120 cm³/mol. The summed E-state index contributed by atoms with van der Waals surface area (Å²) in [4.78, 5) is 20.8. The second-order valence-corrected chi connectivity index (χ2v) is 7.22. The summed E-state index contributed by atoms with van der Waals surface area (Å²) in [5.41, 5.74) is 1.73. The van der Waals surface area contributed by atoms with Crippen molar-refractivity contribution in [1.29, 1.82) is 0 Å². The van der Waals surface area contributed by atoms with E-state index in [0.717, 1.165) is 17.2 Å². The van der Waals surface area contributed by atoms with Gasteiger partial charge in [-0.05, 0) is 48.9 Å². The number of pyridine rings is 1. The molecule has 1 aliphatic heterocycles. The Hall–Kier alpha value is -3.88. The van der Waals surface area contributed by atoms with Gasteiger partial charge < -0.3 is 25.2 Å². The van der Waals surface area contributed by atoms with Gasteiger partial charge >= 0.3 is 6.03 Å². The highest BCUT2D eigenvalue weighted by Gasteiger charge is 2.23. The zero-order valence-electron chi connectivity index (χ0n) is 17.6. The van der Waals surface area contributed by atoms with Crippen molar-refractivity contribution >= 4 is 29.2 Å². The second kappa shape index (κ2) is 9.29. The van der Waals surface area contributed by atoms with E-state index in [1.54, 1.807) is 18.2 Å². The van der Waals surface area contributed by atoms with Crippen molar-refractivity contribution in [2.75, 3.05) is 48.8 Å². The molecule has 0 atom stereocenters. The van der Waals surface area contributed by atoms with Crippen molar-refractivity contribution in [3.8, 4) is 5.75 Å². The minimum atomic E-state index is -0.135. The lowest BCUT2D eigenvalue weighted by atomic mass is 10.2. The molecule has 1 saturated heterocycles. The van der Waals surface area contributed by atoms with E-state index in [1.807, 2.05) is 55.5 Å². The fourth-order valence-corrected chi connectivity index (χ4v) is 3.38. The lowest BCUT2D eigenvalue weighted by molar-refractivity contribution is 0.208. The third-order valence-corrected chi connectivity index (χ3v) is 5.06. The molecule has 9 heteroatoms. The zero-order chi connectivity index (χ0) is 21.6. The van der Waals surface area contributed by atoms with E-state index in [4.69, 9.17) is 4.74 Å². The van der Waals surface area contributed by atoms with Crippen molar-refractivity contribution in [2.24, 2.45) is 0 Å². The number of ether oxygens (including phenoxy) is 1. The Kier molecular flexibility index (Phi) is 6.11. The topological polar surface area (TPSA) is 95.5 Å². The lowest BCUT2D eigenvalue weighted by Crippen LogP contribution is -2.50. The summed E-state index contributed by atoms with van der Waals surface area (Å²) in [5.74, 6) is 2.78. The van der Waals surface area contributed by atoms with Crippen LogP contribution in [0.15, 0.2) is 54.7 Å². The minimum absolute atomic E-state index is 0.135. The van der Waals surface area contributed by atoms with Crippen LogP contribution >= 0.6 is 0 Å². The van der Waals surface area contributed by atoms with Crippen molar-refractivity contribution in [1.82, 2.24) is 20.1 Å². The van der Waals surface area contributed by atoms with E-state index in [-0.39, 0.29) is 6.03 Å². The Labute approximate surface area is 181 Å². The van der Waals surface area contributed by atoms with Gasteiger partial charge in [-0.25, -0.2) is 9.78 Å². The smallest absolute Gasteiger partial charge is 0.322 e. The van der Waals surface area contributed by atoms with E-state index in [2.05, 4.69) is 30.7 Å². The Bertz CT molecular complexity index is 1020. The highest BCUT2D eigenvalue weighted by Crippen LogP contribution is 2.26. The Morgan fingerprint density at radius 2 is 1.84 bits per heavy atom. The van der Waals surface area contributed by atoms with Gasteiger partial charge in [0.15, 0.2) is 11.6 Å². The number of methoxy groups -OCH3 is 1. The first-order valence-corrected chi connectivity index (χ1v) is 10.1. The minimum Gasteiger partial charge on any atom is -0.495 e. The first-order chi connectivity index (χ1) is 15.1. The van der Waals surface area contributed by atoms with Crippen LogP contribution in [0.25, 0.3) is 0 Å². The molecule has 3 aromatic rings. The second-order valence-electron chi connectivity index (χ2n) is 7.22. The van der Waals surface area contributed by atoms with E-state index >= 15 is 0 Å². The summed E-state index contributed by atoms with van der Waals surface area (Å²) in [7, 11) is 1.59. The van der Waals surface area contributed by atoms with Crippen LogP contribution in [0.2, 0.25) is 0 Å². The third-order valence-electron chi connectivity index (χ3n) is 5.06. The number of rotatable bonds is 5. The number of carbonyl (C=O) groups excluding carboxylic acids is 1. The van der Waals surface area contributed by atoms with E-state index in [1.165, 1.54) is 0 Å².